The fourth-order valence-corrected chi connectivity index (χ4v) is 1.60. The molecule has 0 saturated carbocycles. The Morgan fingerprint density at radius 3 is 2.07 bits per heavy atom. The van der Waals surface area contributed by atoms with Gasteiger partial charge in [-0.05, 0) is 37.5 Å². The van der Waals surface area contributed by atoms with Gasteiger partial charge in [-0.3, -0.25) is 0 Å². The second kappa shape index (κ2) is 3.50. The molecular weight excluding hydrogens is 204 g/mol. The van der Waals surface area contributed by atoms with Crippen LogP contribution >= 0.6 is 11.6 Å². The lowest BCUT2D eigenvalue weighted by atomic mass is 9.99. The number of carboxylic acid groups (broad SMARTS) is 1. The summed E-state index contributed by atoms with van der Waals surface area (Å²) in [4.78, 5) is 10.8. The van der Waals surface area contributed by atoms with E-state index in [9.17, 15) is 9.90 Å². The largest absolute Gasteiger partial charge is 0.507 e. The standard InChI is InChI=1S/C10H11ClO3/c1-4-5(2)9(12)7(10(13)14)6(3)8(4)11/h12H,1-3H3,(H,13,14). The molecule has 0 aliphatic rings. The summed E-state index contributed by atoms with van der Waals surface area (Å²) in [5, 5.41) is 18.9. The van der Waals surface area contributed by atoms with Gasteiger partial charge in [-0.25, -0.2) is 4.79 Å². The first-order valence-corrected chi connectivity index (χ1v) is 4.47. The number of hydrogen-bond donors (Lipinski definition) is 2. The Morgan fingerprint density at radius 1 is 1.14 bits per heavy atom. The SMILES string of the molecule is Cc1c(C)c(Cl)c(C)c(C(=O)O)c1O. The molecule has 4 heteroatoms. The van der Waals surface area contributed by atoms with E-state index in [4.69, 9.17) is 16.7 Å². The third-order valence-electron chi connectivity index (χ3n) is 2.40. The average molecular weight is 215 g/mol. The molecule has 0 aromatic heterocycles. The number of benzene rings is 1. The van der Waals surface area contributed by atoms with Crippen LogP contribution in [-0.2, 0) is 0 Å². The van der Waals surface area contributed by atoms with Crippen LogP contribution in [-0.4, -0.2) is 16.2 Å². The number of halogens is 1. The fourth-order valence-electron chi connectivity index (χ4n) is 1.36. The fraction of sp³-hybridized carbons (Fsp3) is 0.300. The highest BCUT2D eigenvalue weighted by molar-refractivity contribution is 6.32. The number of aromatic hydroxyl groups is 1. The van der Waals surface area contributed by atoms with Gasteiger partial charge in [0.15, 0.2) is 0 Å². The van der Waals surface area contributed by atoms with E-state index in [1.165, 1.54) is 0 Å². The zero-order chi connectivity index (χ0) is 11.0. The maximum absolute atomic E-state index is 10.8. The summed E-state index contributed by atoms with van der Waals surface area (Å²) >= 11 is 5.93. The Bertz CT molecular complexity index is 381. The van der Waals surface area contributed by atoms with E-state index >= 15 is 0 Å². The summed E-state index contributed by atoms with van der Waals surface area (Å²) in [6.07, 6.45) is 0. The van der Waals surface area contributed by atoms with Gasteiger partial charge in [0.2, 0.25) is 0 Å². The predicted octanol–water partition coefficient (Wildman–Crippen LogP) is 2.67. The number of phenols is 1. The summed E-state index contributed by atoms with van der Waals surface area (Å²) in [7, 11) is 0. The first-order chi connectivity index (χ1) is 6.37. The van der Waals surface area contributed by atoms with Crippen LogP contribution < -0.4 is 0 Å². The normalized spacial score (nSPS) is 10.3. The highest BCUT2D eigenvalue weighted by Crippen LogP contribution is 2.34. The summed E-state index contributed by atoms with van der Waals surface area (Å²) in [5.74, 6) is -1.36. The molecule has 2 N–H and O–H groups in total. The van der Waals surface area contributed by atoms with Gasteiger partial charge in [0.1, 0.15) is 11.3 Å². The van der Waals surface area contributed by atoms with Crippen molar-refractivity contribution >= 4 is 17.6 Å². The lowest BCUT2D eigenvalue weighted by molar-refractivity contribution is 0.0692. The number of rotatable bonds is 1. The van der Waals surface area contributed by atoms with Crippen molar-refractivity contribution in [3.05, 3.63) is 27.3 Å². The quantitative estimate of drug-likeness (QED) is 0.756. The summed E-state index contributed by atoms with van der Waals surface area (Å²) in [6, 6.07) is 0. The van der Waals surface area contributed by atoms with Gasteiger partial charge < -0.3 is 10.2 Å². The van der Waals surface area contributed by atoms with Crippen molar-refractivity contribution in [2.45, 2.75) is 20.8 Å². The predicted molar refractivity (Wildman–Crippen MR) is 54.3 cm³/mol. The van der Waals surface area contributed by atoms with Crippen molar-refractivity contribution < 1.29 is 15.0 Å². The highest BCUT2D eigenvalue weighted by atomic mass is 35.5. The first-order valence-electron chi connectivity index (χ1n) is 4.09. The summed E-state index contributed by atoms with van der Waals surface area (Å²) < 4.78 is 0. The minimum absolute atomic E-state index is 0.113. The van der Waals surface area contributed by atoms with Gasteiger partial charge in [0.25, 0.3) is 0 Å². The molecule has 1 aromatic carbocycles. The Kier molecular flexibility index (Phi) is 2.71. The Labute approximate surface area is 86.9 Å². The first kappa shape index (κ1) is 10.9. The van der Waals surface area contributed by atoms with Crippen molar-refractivity contribution in [2.24, 2.45) is 0 Å². The molecule has 0 fully saturated rings. The maximum atomic E-state index is 10.8. The molecule has 14 heavy (non-hydrogen) atoms. The van der Waals surface area contributed by atoms with E-state index in [0.29, 0.717) is 21.7 Å². The van der Waals surface area contributed by atoms with E-state index in [0.717, 1.165) is 0 Å². The number of carboxylic acids is 1. The zero-order valence-electron chi connectivity index (χ0n) is 8.18. The van der Waals surface area contributed by atoms with E-state index < -0.39 is 5.97 Å². The van der Waals surface area contributed by atoms with Gasteiger partial charge in [0, 0.05) is 5.02 Å². The van der Waals surface area contributed by atoms with E-state index in [2.05, 4.69) is 0 Å². The third-order valence-corrected chi connectivity index (χ3v) is 2.97. The molecule has 0 spiro atoms. The molecule has 0 radical (unpaired) electrons. The Hall–Kier alpha value is -1.22. The van der Waals surface area contributed by atoms with E-state index in [-0.39, 0.29) is 11.3 Å². The van der Waals surface area contributed by atoms with Gasteiger partial charge in [-0.15, -0.1) is 0 Å². The second-order valence-corrected chi connectivity index (χ2v) is 3.60. The van der Waals surface area contributed by atoms with Crippen molar-refractivity contribution in [2.75, 3.05) is 0 Å². The minimum atomic E-state index is -1.16. The van der Waals surface area contributed by atoms with Crippen LogP contribution in [0.2, 0.25) is 5.02 Å². The number of hydrogen-bond acceptors (Lipinski definition) is 2. The van der Waals surface area contributed by atoms with Gasteiger partial charge in [-0.2, -0.15) is 0 Å². The summed E-state index contributed by atoms with van der Waals surface area (Å²) in [5.41, 5.74) is 1.52. The number of aromatic carboxylic acids is 1. The lowest BCUT2D eigenvalue weighted by Crippen LogP contribution is -2.03. The molecule has 0 amide bonds. The number of carbonyl (C=O) groups is 1. The molecule has 0 aliphatic heterocycles. The van der Waals surface area contributed by atoms with Crippen LogP contribution in [0, 0.1) is 20.8 Å². The Balaban J connectivity index is 3.68. The van der Waals surface area contributed by atoms with Crippen molar-refractivity contribution in [3.63, 3.8) is 0 Å². The average Bonchev–Trinajstić information content (AvgIpc) is 2.11. The molecule has 0 bridgehead atoms. The van der Waals surface area contributed by atoms with Crippen LogP contribution in [0.4, 0.5) is 0 Å². The monoisotopic (exact) mass is 214 g/mol. The molecule has 0 unspecified atom stereocenters. The van der Waals surface area contributed by atoms with Crippen LogP contribution in [0.1, 0.15) is 27.0 Å². The summed E-state index contributed by atoms with van der Waals surface area (Å²) in [6.45, 7) is 4.97. The molecule has 76 valence electrons. The topological polar surface area (TPSA) is 57.5 Å². The molecule has 0 atom stereocenters. The zero-order valence-corrected chi connectivity index (χ0v) is 8.94. The molecule has 3 nitrogen and oxygen atoms in total. The van der Waals surface area contributed by atoms with Crippen LogP contribution in [0.25, 0.3) is 0 Å². The van der Waals surface area contributed by atoms with Gasteiger partial charge in [-0.1, -0.05) is 11.6 Å². The molecular formula is C10H11ClO3. The van der Waals surface area contributed by atoms with E-state index in [1.54, 1.807) is 20.8 Å². The van der Waals surface area contributed by atoms with Crippen molar-refractivity contribution in [3.8, 4) is 5.75 Å². The minimum Gasteiger partial charge on any atom is -0.507 e. The smallest absolute Gasteiger partial charge is 0.339 e. The molecule has 0 saturated heterocycles. The molecule has 0 heterocycles. The molecule has 0 aliphatic carbocycles. The van der Waals surface area contributed by atoms with Crippen molar-refractivity contribution in [1.29, 1.82) is 0 Å². The van der Waals surface area contributed by atoms with Crippen LogP contribution in [0.3, 0.4) is 0 Å². The molecule has 1 aromatic rings. The van der Waals surface area contributed by atoms with E-state index in [1.807, 2.05) is 0 Å². The Morgan fingerprint density at radius 2 is 1.64 bits per heavy atom. The third kappa shape index (κ3) is 1.44. The lowest BCUT2D eigenvalue weighted by Gasteiger charge is -2.12. The maximum Gasteiger partial charge on any atom is 0.339 e. The molecule has 1 rings (SSSR count). The van der Waals surface area contributed by atoms with Crippen LogP contribution in [0.5, 0.6) is 5.75 Å². The highest BCUT2D eigenvalue weighted by Gasteiger charge is 2.20. The second-order valence-electron chi connectivity index (χ2n) is 3.22. The van der Waals surface area contributed by atoms with Gasteiger partial charge >= 0.3 is 5.97 Å². The van der Waals surface area contributed by atoms with Crippen LogP contribution in [0.15, 0.2) is 0 Å². The van der Waals surface area contributed by atoms with Crippen molar-refractivity contribution in [1.82, 2.24) is 0 Å². The van der Waals surface area contributed by atoms with Gasteiger partial charge in [0.05, 0.1) is 0 Å².